The first-order chi connectivity index (χ1) is 9.29. The second kappa shape index (κ2) is 6.87. The second-order valence-electron chi connectivity index (χ2n) is 4.78. The number of nitrogens with one attached hydrogen (secondary N) is 2. The van der Waals surface area contributed by atoms with Gasteiger partial charge in [0.25, 0.3) is 5.91 Å². The zero-order valence-corrected chi connectivity index (χ0v) is 11.1. The van der Waals surface area contributed by atoms with E-state index < -0.39 is 0 Å². The van der Waals surface area contributed by atoms with Gasteiger partial charge in [0.15, 0.2) is 5.69 Å². The molecule has 0 atom stereocenters. The predicted octanol–water partition coefficient (Wildman–Crippen LogP) is 2.14. The average Bonchev–Trinajstić information content (AvgIpc) is 2.46. The molecule has 0 aliphatic heterocycles. The van der Waals surface area contributed by atoms with E-state index in [4.69, 9.17) is 0 Å². The molecule has 2 N–H and O–H groups in total. The van der Waals surface area contributed by atoms with Gasteiger partial charge in [0.1, 0.15) is 5.82 Å². The molecule has 5 heteroatoms. The second-order valence-corrected chi connectivity index (χ2v) is 4.78. The van der Waals surface area contributed by atoms with E-state index in [1.165, 1.54) is 19.3 Å². The molecule has 1 aromatic heterocycles. The number of carbonyl (C=O) groups excluding carboxylic acids is 1. The van der Waals surface area contributed by atoms with E-state index in [-0.39, 0.29) is 5.91 Å². The number of hydrogen-bond donors (Lipinski definition) is 2. The minimum Gasteiger partial charge on any atom is -0.365 e. The van der Waals surface area contributed by atoms with Crippen LogP contribution >= 0.6 is 0 Å². The summed E-state index contributed by atoms with van der Waals surface area (Å²) in [7, 11) is 0. The SMILES string of the molecule is C=CCNc1ccc(C(=O)NC2CCCCC2)nn1. The van der Waals surface area contributed by atoms with Crippen molar-refractivity contribution in [1.29, 1.82) is 0 Å². The maximum atomic E-state index is 12.0. The van der Waals surface area contributed by atoms with Crippen LogP contribution in [0.1, 0.15) is 42.6 Å². The van der Waals surface area contributed by atoms with Crippen molar-refractivity contribution in [2.75, 3.05) is 11.9 Å². The number of amides is 1. The molecule has 0 aromatic carbocycles. The minimum atomic E-state index is -0.130. The Morgan fingerprint density at radius 1 is 1.32 bits per heavy atom. The van der Waals surface area contributed by atoms with Crippen LogP contribution in [0.2, 0.25) is 0 Å². The summed E-state index contributed by atoms with van der Waals surface area (Å²) in [6.45, 7) is 4.24. The van der Waals surface area contributed by atoms with Crippen molar-refractivity contribution in [3.8, 4) is 0 Å². The van der Waals surface area contributed by atoms with Crippen molar-refractivity contribution < 1.29 is 4.79 Å². The highest BCUT2D eigenvalue weighted by Crippen LogP contribution is 2.17. The third-order valence-electron chi connectivity index (χ3n) is 3.27. The van der Waals surface area contributed by atoms with Crippen LogP contribution in [0.25, 0.3) is 0 Å². The molecule has 1 fully saturated rings. The molecule has 1 heterocycles. The van der Waals surface area contributed by atoms with E-state index in [1.807, 2.05) is 0 Å². The maximum Gasteiger partial charge on any atom is 0.272 e. The third kappa shape index (κ3) is 4.05. The predicted molar refractivity (Wildman–Crippen MR) is 75.1 cm³/mol. The summed E-state index contributed by atoms with van der Waals surface area (Å²) in [6.07, 6.45) is 7.54. The van der Waals surface area contributed by atoms with Crippen molar-refractivity contribution in [1.82, 2.24) is 15.5 Å². The van der Waals surface area contributed by atoms with Crippen LogP contribution in [0.5, 0.6) is 0 Å². The van der Waals surface area contributed by atoms with E-state index in [0.29, 0.717) is 24.1 Å². The Bertz CT molecular complexity index is 424. The molecule has 1 aliphatic carbocycles. The normalized spacial score (nSPS) is 15.8. The Morgan fingerprint density at radius 2 is 2.11 bits per heavy atom. The van der Waals surface area contributed by atoms with E-state index in [2.05, 4.69) is 27.4 Å². The molecule has 0 spiro atoms. The van der Waals surface area contributed by atoms with E-state index in [9.17, 15) is 4.79 Å². The highest BCUT2D eigenvalue weighted by molar-refractivity contribution is 5.92. The van der Waals surface area contributed by atoms with Crippen molar-refractivity contribution >= 4 is 11.7 Å². The maximum absolute atomic E-state index is 12.0. The lowest BCUT2D eigenvalue weighted by molar-refractivity contribution is 0.0921. The van der Waals surface area contributed by atoms with Crippen LogP contribution in [0.3, 0.4) is 0 Å². The van der Waals surface area contributed by atoms with Crippen molar-refractivity contribution in [3.05, 3.63) is 30.5 Å². The van der Waals surface area contributed by atoms with Gasteiger partial charge in [-0.2, -0.15) is 0 Å². The molecule has 1 amide bonds. The van der Waals surface area contributed by atoms with Crippen LogP contribution in [-0.2, 0) is 0 Å². The van der Waals surface area contributed by atoms with Gasteiger partial charge < -0.3 is 10.6 Å². The molecule has 0 unspecified atom stereocenters. The number of rotatable bonds is 5. The molecule has 19 heavy (non-hydrogen) atoms. The smallest absolute Gasteiger partial charge is 0.272 e. The number of nitrogens with zero attached hydrogens (tertiary/aromatic N) is 2. The summed E-state index contributed by atoms with van der Waals surface area (Å²) >= 11 is 0. The highest BCUT2D eigenvalue weighted by Gasteiger charge is 2.17. The third-order valence-corrected chi connectivity index (χ3v) is 3.27. The first-order valence-corrected chi connectivity index (χ1v) is 6.79. The molecule has 0 radical (unpaired) electrons. The molecule has 2 rings (SSSR count). The van der Waals surface area contributed by atoms with Gasteiger partial charge in [-0.3, -0.25) is 4.79 Å². The first kappa shape index (κ1) is 13.5. The van der Waals surface area contributed by atoms with Gasteiger partial charge in [-0.1, -0.05) is 25.3 Å². The highest BCUT2D eigenvalue weighted by atomic mass is 16.2. The van der Waals surface area contributed by atoms with E-state index in [0.717, 1.165) is 12.8 Å². The standard InChI is InChI=1S/C14H20N4O/c1-2-10-15-13-9-8-12(17-18-13)14(19)16-11-6-4-3-5-7-11/h2,8-9,11H,1,3-7,10H2,(H,15,18)(H,16,19). The summed E-state index contributed by atoms with van der Waals surface area (Å²) < 4.78 is 0. The average molecular weight is 260 g/mol. The van der Waals surface area contributed by atoms with Gasteiger partial charge in [-0.15, -0.1) is 16.8 Å². The Labute approximate surface area is 113 Å². The Kier molecular flexibility index (Phi) is 4.89. The van der Waals surface area contributed by atoms with Gasteiger partial charge in [0.05, 0.1) is 0 Å². The number of carbonyl (C=O) groups is 1. The fourth-order valence-corrected chi connectivity index (χ4v) is 2.23. The zero-order valence-electron chi connectivity index (χ0n) is 11.1. The lowest BCUT2D eigenvalue weighted by Crippen LogP contribution is -2.36. The molecule has 102 valence electrons. The van der Waals surface area contributed by atoms with Gasteiger partial charge in [0.2, 0.25) is 0 Å². The van der Waals surface area contributed by atoms with Crippen molar-refractivity contribution in [3.63, 3.8) is 0 Å². The van der Waals surface area contributed by atoms with E-state index >= 15 is 0 Å². The molecule has 5 nitrogen and oxygen atoms in total. The lowest BCUT2D eigenvalue weighted by atomic mass is 9.95. The lowest BCUT2D eigenvalue weighted by Gasteiger charge is -2.22. The van der Waals surface area contributed by atoms with Crippen LogP contribution in [-0.4, -0.2) is 28.7 Å². The Morgan fingerprint density at radius 3 is 2.74 bits per heavy atom. The fraction of sp³-hybridized carbons (Fsp3) is 0.500. The summed E-state index contributed by atoms with van der Waals surface area (Å²) in [4.78, 5) is 12.0. The van der Waals surface area contributed by atoms with Gasteiger partial charge in [-0.25, -0.2) is 0 Å². The molecule has 0 saturated heterocycles. The van der Waals surface area contributed by atoms with Crippen molar-refractivity contribution in [2.45, 2.75) is 38.1 Å². The molecule has 1 saturated carbocycles. The fourth-order valence-electron chi connectivity index (χ4n) is 2.23. The van der Waals surface area contributed by atoms with E-state index in [1.54, 1.807) is 18.2 Å². The van der Waals surface area contributed by atoms with Crippen LogP contribution in [0.15, 0.2) is 24.8 Å². The zero-order chi connectivity index (χ0) is 13.5. The summed E-state index contributed by atoms with van der Waals surface area (Å²) in [5.41, 5.74) is 0.370. The van der Waals surface area contributed by atoms with Gasteiger partial charge in [0, 0.05) is 12.6 Å². The first-order valence-electron chi connectivity index (χ1n) is 6.79. The topological polar surface area (TPSA) is 66.9 Å². The number of hydrogen-bond acceptors (Lipinski definition) is 4. The monoisotopic (exact) mass is 260 g/mol. The Hall–Kier alpha value is -1.91. The molecular weight excluding hydrogens is 240 g/mol. The summed E-state index contributed by atoms with van der Waals surface area (Å²) in [5, 5.41) is 13.9. The quantitative estimate of drug-likeness (QED) is 0.796. The molecular formula is C14H20N4O. The minimum absolute atomic E-state index is 0.130. The number of aromatic nitrogens is 2. The molecule has 0 bridgehead atoms. The van der Waals surface area contributed by atoms with Crippen molar-refractivity contribution in [2.24, 2.45) is 0 Å². The molecule has 1 aromatic rings. The largest absolute Gasteiger partial charge is 0.365 e. The van der Waals surface area contributed by atoms with Crippen LogP contribution in [0.4, 0.5) is 5.82 Å². The van der Waals surface area contributed by atoms with Crippen LogP contribution < -0.4 is 10.6 Å². The Balaban J connectivity index is 1.89. The summed E-state index contributed by atoms with van der Waals surface area (Å²) in [6, 6.07) is 3.74. The number of anilines is 1. The van der Waals surface area contributed by atoms with Gasteiger partial charge >= 0.3 is 0 Å². The van der Waals surface area contributed by atoms with Crippen LogP contribution in [0, 0.1) is 0 Å². The van der Waals surface area contributed by atoms with Gasteiger partial charge in [-0.05, 0) is 25.0 Å². The molecule has 1 aliphatic rings. The summed E-state index contributed by atoms with van der Waals surface area (Å²) in [5.74, 6) is 0.517.